The molecule has 1 N–H and O–H groups in total. The molecule has 2 aromatic rings. The third-order valence-corrected chi connectivity index (χ3v) is 3.79. The third-order valence-electron chi connectivity index (χ3n) is 3.79. The second kappa shape index (κ2) is 8.83. The van der Waals surface area contributed by atoms with E-state index in [9.17, 15) is 18.0 Å². The molecule has 1 amide bonds. The molecule has 0 unspecified atom stereocenters. The predicted octanol–water partition coefficient (Wildman–Crippen LogP) is 4.68. The normalized spacial score (nSPS) is 11.3. The van der Waals surface area contributed by atoms with Crippen LogP contribution in [-0.4, -0.2) is 29.0 Å². The van der Waals surface area contributed by atoms with E-state index in [0.717, 1.165) is 38.1 Å². The summed E-state index contributed by atoms with van der Waals surface area (Å²) in [4.78, 5) is 23.2. The number of nitrogens with one attached hydrogen (secondary N) is 1. The van der Waals surface area contributed by atoms with Crippen molar-refractivity contribution >= 4 is 17.5 Å². The van der Waals surface area contributed by atoms with Crippen molar-refractivity contribution < 1.29 is 18.0 Å². The number of alkyl halides is 3. The van der Waals surface area contributed by atoms with Crippen LogP contribution in [0.1, 0.15) is 48.4 Å². The molecule has 1 heterocycles. The van der Waals surface area contributed by atoms with Gasteiger partial charge in [-0.1, -0.05) is 19.9 Å². The van der Waals surface area contributed by atoms with E-state index < -0.39 is 17.6 Å². The molecule has 146 valence electrons. The van der Waals surface area contributed by atoms with Gasteiger partial charge in [0.15, 0.2) is 0 Å². The SMILES string of the molecule is CCCN(CCC)c1nc(C)cc(C(=O)Nc2cccc(C(F)(F)F)c2)n1. The summed E-state index contributed by atoms with van der Waals surface area (Å²) in [7, 11) is 0. The number of carbonyl (C=O) groups is 1. The van der Waals surface area contributed by atoms with Gasteiger partial charge in [-0.25, -0.2) is 9.97 Å². The molecule has 5 nitrogen and oxygen atoms in total. The van der Waals surface area contributed by atoms with E-state index in [1.54, 1.807) is 6.92 Å². The first kappa shape index (κ1) is 20.7. The van der Waals surface area contributed by atoms with Crippen molar-refractivity contribution in [2.75, 3.05) is 23.3 Å². The molecule has 0 bridgehead atoms. The maximum atomic E-state index is 12.8. The fourth-order valence-corrected chi connectivity index (χ4v) is 2.63. The number of anilines is 2. The molecular weight excluding hydrogens is 357 g/mol. The number of amides is 1. The summed E-state index contributed by atoms with van der Waals surface area (Å²) >= 11 is 0. The maximum absolute atomic E-state index is 12.8. The largest absolute Gasteiger partial charge is 0.416 e. The van der Waals surface area contributed by atoms with Crippen molar-refractivity contribution in [3.63, 3.8) is 0 Å². The highest BCUT2D eigenvalue weighted by Crippen LogP contribution is 2.30. The van der Waals surface area contributed by atoms with Crippen LogP contribution in [0.3, 0.4) is 0 Å². The fourth-order valence-electron chi connectivity index (χ4n) is 2.63. The lowest BCUT2D eigenvalue weighted by Crippen LogP contribution is -2.28. The lowest BCUT2D eigenvalue weighted by Gasteiger charge is -2.22. The zero-order valence-corrected chi connectivity index (χ0v) is 15.6. The van der Waals surface area contributed by atoms with Crippen molar-refractivity contribution in [1.29, 1.82) is 0 Å². The Labute approximate surface area is 156 Å². The van der Waals surface area contributed by atoms with Crippen LogP contribution in [-0.2, 0) is 6.18 Å². The third kappa shape index (κ3) is 5.67. The highest BCUT2D eigenvalue weighted by molar-refractivity contribution is 6.03. The summed E-state index contributed by atoms with van der Waals surface area (Å²) in [5.74, 6) is -0.123. The van der Waals surface area contributed by atoms with E-state index in [0.29, 0.717) is 11.6 Å². The number of halogens is 3. The quantitative estimate of drug-likeness (QED) is 0.758. The fraction of sp³-hybridized carbons (Fsp3) is 0.421. The van der Waals surface area contributed by atoms with Gasteiger partial charge in [0, 0.05) is 24.5 Å². The van der Waals surface area contributed by atoms with Gasteiger partial charge in [0.25, 0.3) is 5.91 Å². The number of hydrogen-bond acceptors (Lipinski definition) is 4. The Morgan fingerprint density at radius 1 is 1.11 bits per heavy atom. The number of nitrogens with zero attached hydrogens (tertiary/aromatic N) is 3. The van der Waals surface area contributed by atoms with Gasteiger partial charge >= 0.3 is 6.18 Å². The lowest BCUT2D eigenvalue weighted by atomic mass is 10.2. The van der Waals surface area contributed by atoms with Gasteiger partial charge in [-0.2, -0.15) is 13.2 Å². The van der Waals surface area contributed by atoms with E-state index in [1.165, 1.54) is 18.2 Å². The average Bonchev–Trinajstić information content (AvgIpc) is 2.60. The molecule has 0 saturated carbocycles. The molecule has 1 aromatic carbocycles. The van der Waals surface area contributed by atoms with Gasteiger partial charge in [0.1, 0.15) is 5.69 Å². The van der Waals surface area contributed by atoms with Crippen molar-refractivity contribution in [3.8, 4) is 0 Å². The summed E-state index contributed by atoms with van der Waals surface area (Å²) in [6, 6.07) is 6.02. The highest BCUT2D eigenvalue weighted by atomic mass is 19.4. The Morgan fingerprint density at radius 2 is 1.78 bits per heavy atom. The van der Waals surface area contributed by atoms with Gasteiger partial charge < -0.3 is 10.2 Å². The van der Waals surface area contributed by atoms with Crippen LogP contribution < -0.4 is 10.2 Å². The van der Waals surface area contributed by atoms with Gasteiger partial charge in [-0.3, -0.25) is 4.79 Å². The van der Waals surface area contributed by atoms with Crippen LogP contribution >= 0.6 is 0 Å². The van der Waals surface area contributed by atoms with Crippen molar-refractivity contribution in [2.24, 2.45) is 0 Å². The first-order chi connectivity index (χ1) is 12.7. The zero-order valence-electron chi connectivity index (χ0n) is 15.6. The summed E-state index contributed by atoms with van der Waals surface area (Å²) in [5, 5.41) is 2.48. The second-order valence-electron chi connectivity index (χ2n) is 6.21. The zero-order chi connectivity index (χ0) is 20.0. The average molecular weight is 380 g/mol. The van der Waals surface area contributed by atoms with Crippen molar-refractivity contribution in [3.05, 3.63) is 47.3 Å². The molecular formula is C19H23F3N4O. The van der Waals surface area contributed by atoms with Gasteiger partial charge in [0.05, 0.1) is 5.56 Å². The Balaban J connectivity index is 2.26. The second-order valence-corrected chi connectivity index (χ2v) is 6.21. The van der Waals surface area contributed by atoms with E-state index in [1.807, 2.05) is 18.7 Å². The molecule has 0 saturated heterocycles. The topological polar surface area (TPSA) is 58.1 Å². The highest BCUT2D eigenvalue weighted by Gasteiger charge is 2.30. The summed E-state index contributed by atoms with van der Waals surface area (Å²) < 4.78 is 38.5. The predicted molar refractivity (Wildman–Crippen MR) is 99.0 cm³/mol. The van der Waals surface area contributed by atoms with Crippen molar-refractivity contribution in [1.82, 2.24) is 9.97 Å². The molecule has 0 fully saturated rings. The minimum Gasteiger partial charge on any atom is -0.341 e. The Bertz CT molecular complexity index is 787. The number of hydrogen-bond donors (Lipinski definition) is 1. The Kier molecular flexibility index (Phi) is 6.76. The van der Waals surface area contributed by atoms with E-state index in [2.05, 4.69) is 15.3 Å². The van der Waals surface area contributed by atoms with E-state index >= 15 is 0 Å². The summed E-state index contributed by atoms with van der Waals surface area (Å²) in [5.41, 5.74) is -0.0259. The van der Waals surface area contributed by atoms with Crippen LogP contribution in [0.25, 0.3) is 0 Å². The molecule has 0 aliphatic heterocycles. The monoisotopic (exact) mass is 380 g/mol. The van der Waals surface area contributed by atoms with E-state index in [-0.39, 0.29) is 11.4 Å². The standard InChI is InChI=1S/C19H23F3N4O/c1-4-9-26(10-5-2)18-23-13(3)11-16(25-18)17(27)24-15-8-6-7-14(12-15)19(20,21)22/h6-8,11-12H,4-5,9-10H2,1-3H3,(H,24,27). The van der Waals surface area contributed by atoms with Gasteiger partial charge in [-0.15, -0.1) is 0 Å². The lowest BCUT2D eigenvalue weighted by molar-refractivity contribution is -0.137. The molecule has 0 spiro atoms. The smallest absolute Gasteiger partial charge is 0.341 e. The summed E-state index contributed by atoms with van der Waals surface area (Å²) in [6.07, 6.45) is -2.66. The molecule has 0 aliphatic carbocycles. The van der Waals surface area contributed by atoms with Crippen LogP contribution in [0.5, 0.6) is 0 Å². The first-order valence-electron chi connectivity index (χ1n) is 8.83. The summed E-state index contributed by atoms with van der Waals surface area (Å²) in [6.45, 7) is 7.35. The van der Waals surface area contributed by atoms with Gasteiger partial charge in [0.2, 0.25) is 5.95 Å². The molecule has 0 atom stereocenters. The number of carbonyl (C=O) groups excluding carboxylic acids is 1. The van der Waals surface area contributed by atoms with Crippen molar-refractivity contribution in [2.45, 2.75) is 39.8 Å². The number of benzene rings is 1. The molecule has 1 aromatic heterocycles. The molecule has 8 heteroatoms. The Hall–Kier alpha value is -2.64. The Morgan fingerprint density at radius 3 is 2.37 bits per heavy atom. The number of aromatic nitrogens is 2. The minimum atomic E-state index is -4.47. The first-order valence-corrected chi connectivity index (χ1v) is 8.83. The molecule has 0 radical (unpaired) electrons. The van der Waals surface area contributed by atoms with Crippen LogP contribution in [0.2, 0.25) is 0 Å². The maximum Gasteiger partial charge on any atom is 0.416 e. The van der Waals surface area contributed by atoms with Crippen LogP contribution in [0, 0.1) is 6.92 Å². The van der Waals surface area contributed by atoms with Crippen LogP contribution in [0.15, 0.2) is 30.3 Å². The van der Waals surface area contributed by atoms with E-state index in [4.69, 9.17) is 0 Å². The van der Waals surface area contributed by atoms with Gasteiger partial charge in [-0.05, 0) is 44.0 Å². The van der Waals surface area contributed by atoms with Crippen LogP contribution in [0.4, 0.5) is 24.8 Å². The molecule has 0 aliphatic rings. The number of rotatable bonds is 7. The number of aryl methyl sites for hydroxylation is 1. The molecule has 27 heavy (non-hydrogen) atoms. The molecule has 2 rings (SSSR count). The minimum absolute atomic E-state index is 0.0617.